The van der Waals surface area contributed by atoms with Gasteiger partial charge in [0.1, 0.15) is 6.04 Å². The molecule has 94 valence electrons. The number of rotatable bonds is 2. The van der Waals surface area contributed by atoms with Crippen molar-refractivity contribution in [2.24, 2.45) is 5.73 Å². The predicted octanol–water partition coefficient (Wildman–Crippen LogP) is -0.715. The number of hydrogen-bond acceptors (Lipinski definition) is 3. The lowest BCUT2D eigenvalue weighted by molar-refractivity contribution is -0.135. The van der Waals surface area contributed by atoms with Crippen LogP contribution in [0.15, 0.2) is 0 Å². The fourth-order valence-corrected chi connectivity index (χ4v) is 1.69. The molecule has 16 heavy (non-hydrogen) atoms. The summed E-state index contributed by atoms with van der Waals surface area (Å²) in [7, 11) is 0. The van der Waals surface area contributed by atoms with E-state index in [-0.39, 0.29) is 24.4 Å². The molecule has 0 radical (unpaired) electrons. The lowest BCUT2D eigenvalue weighted by Crippen LogP contribution is -2.57. The number of amides is 3. The van der Waals surface area contributed by atoms with E-state index in [1.807, 2.05) is 6.92 Å². The van der Waals surface area contributed by atoms with Gasteiger partial charge in [-0.1, -0.05) is 0 Å². The van der Waals surface area contributed by atoms with E-state index in [2.05, 4.69) is 10.6 Å². The van der Waals surface area contributed by atoms with E-state index in [4.69, 9.17) is 5.73 Å². The number of primary amides is 1. The van der Waals surface area contributed by atoms with Crippen molar-refractivity contribution >= 4 is 24.3 Å². The van der Waals surface area contributed by atoms with Crippen LogP contribution in [0.4, 0.5) is 4.79 Å². The van der Waals surface area contributed by atoms with Crippen molar-refractivity contribution in [3.05, 3.63) is 0 Å². The van der Waals surface area contributed by atoms with Gasteiger partial charge in [-0.3, -0.25) is 4.79 Å². The van der Waals surface area contributed by atoms with Crippen LogP contribution in [-0.4, -0.2) is 48.6 Å². The summed E-state index contributed by atoms with van der Waals surface area (Å²) in [5.74, 6) is -0.0807. The van der Waals surface area contributed by atoms with Crippen LogP contribution in [0.25, 0.3) is 0 Å². The molecule has 0 saturated carbocycles. The Morgan fingerprint density at radius 1 is 1.56 bits per heavy atom. The van der Waals surface area contributed by atoms with Crippen molar-refractivity contribution in [2.75, 3.05) is 19.6 Å². The second-order valence-electron chi connectivity index (χ2n) is 3.82. The molecule has 1 fully saturated rings. The molecule has 1 heterocycles. The lowest BCUT2D eigenvalue weighted by Gasteiger charge is -2.35. The van der Waals surface area contributed by atoms with Crippen molar-refractivity contribution in [3.8, 4) is 0 Å². The first kappa shape index (κ1) is 15.0. The van der Waals surface area contributed by atoms with Gasteiger partial charge in [-0.25, -0.2) is 4.79 Å². The highest BCUT2D eigenvalue weighted by molar-refractivity contribution is 5.86. The number of carbonyl (C=O) groups is 2. The largest absolute Gasteiger partial charge is 0.352 e. The predicted molar refractivity (Wildman–Crippen MR) is 63.5 cm³/mol. The van der Waals surface area contributed by atoms with Gasteiger partial charge in [0.15, 0.2) is 0 Å². The number of nitrogens with one attached hydrogen (secondary N) is 2. The van der Waals surface area contributed by atoms with E-state index in [9.17, 15) is 9.59 Å². The maximum absolute atomic E-state index is 11.9. The Bertz CT molecular complexity index is 262. The molecule has 1 rings (SSSR count). The zero-order valence-electron chi connectivity index (χ0n) is 9.53. The quantitative estimate of drug-likeness (QED) is 0.605. The first-order valence-corrected chi connectivity index (χ1v) is 5.09. The monoisotopic (exact) mass is 250 g/mol. The molecule has 0 aliphatic carbocycles. The molecular weight excluding hydrogens is 232 g/mol. The van der Waals surface area contributed by atoms with Crippen molar-refractivity contribution in [1.29, 1.82) is 0 Å². The van der Waals surface area contributed by atoms with Crippen molar-refractivity contribution in [1.82, 2.24) is 15.5 Å². The van der Waals surface area contributed by atoms with Gasteiger partial charge >= 0.3 is 6.03 Å². The molecule has 0 spiro atoms. The number of halogens is 1. The van der Waals surface area contributed by atoms with Crippen molar-refractivity contribution in [3.63, 3.8) is 0 Å². The Hall–Kier alpha value is -1.01. The summed E-state index contributed by atoms with van der Waals surface area (Å²) in [6.07, 6.45) is 0. The number of urea groups is 1. The Kier molecular flexibility index (Phi) is 6.13. The molecule has 2 unspecified atom stereocenters. The van der Waals surface area contributed by atoms with Crippen LogP contribution in [0.5, 0.6) is 0 Å². The number of nitrogens with zero attached hydrogens (tertiary/aromatic N) is 1. The van der Waals surface area contributed by atoms with Gasteiger partial charge < -0.3 is 21.3 Å². The molecule has 0 aromatic heterocycles. The molecule has 0 aromatic carbocycles. The van der Waals surface area contributed by atoms with Gasteiger partial charge in [0.2, 0.25) is 5.91 Å². The molecule has 1 aliphatic heterocycles. The number of nitrogens with two attached hydrogens (primary N) is 1. The van der Waals surface area contributed by atoms with Crippen LogP contribution in [0, 0.1) is 0 Å². The summed E-state index contributed by atoms with van der Waals surface area (Å²) in [6, 6.07) is -1.06. The van der Waals surface area contributed by atoms with E-state index < -0.39 is 12.1 Å². The number of carbonyl (C=O) groups excluding carboxylic acids is 2. The van der Waals surface area contributed by atoms with Gasteiger partial charge in [0.25, 0.3) is 0 Å². The highest BCUT2D eigenvalue weighted by Gasteiger charge is 2.27. The third kappa shape index (κ3) is 3.86. The summed E-state index contributed by atoms with van der Waals surface area (Å²) in [5, 5.41) is 5.58. The van der Waals surface area contributed by atoms with Crippen molar-refractivity contribution < 1.29 is 9.59 Å². The molecule has 7 heteroatoms. The summed E-state index contributed by atoms with van der Waals surface area (Å²) in [6.45, 7) is 5.86. The minimum Gasteiger partial charge on any atom is -0.352 e. The van der Waals surface area contributed by atoms with E-state index >= 15 is 0 Å². The summed E-state index contributed by atoms with van der Waals surface area (Å²) in [4.78, 5) is 24.2. The maximum Gasteiger partial charge on any atom is 0.312 e. The van der Waals surface area contributed by atoms with E-state index in [0.29, 0.717) is 6.54 Å². The zero-order valence-corrected chi connectivity index (χ0v) is 10.3. The SMILES string of the molecule is CC(NC(N)=O)C(=O)N1CCNCC1C.Cl. The molecule has 4 N–H and O–H groups in total. The zero-order chi connectivity index (χ0) is 11.4. The molecular formula is C9H19ClN4O2. The summed E-state index contributed by atoms with van der Waals surface area (Å²) in [5.41, 5.74) is 4.96. The van der Waals surface area contributed by atoms with Gasteiger partial charge in [0, 0.05) is 25.7 Å². The third-order valence-electron chi connectivity index (χ3n) is 2.51. The van der Waals surface area contributed by atoms with E-state index in [1.54, 1.807) is 11.8 Å². The summed E-state index contributed by atoms with van der Waals surface area (Å²) < 4.78 is 0. The second-order valence-corrected chi connectivity index (χ2v) is 3.82. The van der Waals surface area contributed by atoms with Gasteiger partial charge in [-0.2, -0.15) is 0 Å². The van der Waals surface area contributed by atoms with Crippen LogP contribution in [-0.2, 0) is 4.79 Å². The average Bonchev–Trinajstić information content (AvgIpc) is 2.16. The average molecular weight is 251 g/mol. The Labute approximate surface area is 101 Å². The molecule has 3 amide bonds. The molecule has 6 nitrogen and oxygen atoms in total. The third-order valence-corrected chi connectivity index (χ3v) is 2.51. The highest BCUT2D eigenvalue weighted by Crippen LogP contribution is 2.04. The van der Waals surface area contributed by atoms with Crippen molar-refractivity contribution in [2.45, 2.75) is 25.9 Å². The Morgan fingerprint density at radius 2 is 2.19 bits per heavy atom. The standard InChI is InChI=1S/C9H18N4O2.ClH/c1-6-5-11-3-4-13(6)8(14)7(2)12-9(10)15;/h6-7,11H,3-5H2,1-2H3,(H3,10,12,15);1H. The molecule has 1 aliphatic rings. The first-order valence-electron chi connectivity index (χ1n) is 5.09. The second kappa shape index (κ2) is 6.55. The Balaban J connectivity index is 0.00000225. The van der Waals surface area contributed by atoms with Crippen LogP contribution in [0.2, 0.25) is 0 Å². The smallest absolute Gasteiger partial charge is 0.312 e. The van der Waals surface area contributed by atoms with Gasteiger partial charge in [-0.15, -0.1) is 12.4 Å². The van der Waals surface area contributed by atoms with Crippen LogP contribution in [0.1, 0.15) is 13.8 Å². The molecule has 2 atom stereocenters. The van der Waals surface area contributed by atoms with E-state index in [1.165, 1.54) is 0 Å². The highest BCUT2D eigenvalue weighted by atomic mass is 35.5. The lowest BCUT2D eigenvalue weighted by atomic mass is 10.2. The number of piperazine rings is 1. The minimum absolute atomic E-state index is 0. The normalized spacial score (nSPS) is 21.9. The molecule has 0 aromatic rings. The van der Waals surface area contributed by atoms with Crippen LogP contribution < -0.4 is 16.4 Å². The fourth-order valence-electron chi connectivity index (χ4n) is 1.69. The summed E-state index contributed by atoms with van der Waals surface area (Å²) >= 11 is 0. The topological polar surface area (TPSA) is 87.5 Å². The molecule has 0 bridgehead atoms. The van der Waals surface area contributed by atoms with Gasteiger partial charge in [-0.05, 0) is 13.8 Å². The maximum atomic E-state index is 11.9. The molecule has 1 saturated heterocycles. The first-order chi connectivity index (χ1) is 7.02. The van der Waals surface area contributed by atoms with Crippen LogP contribution in [0.3, 0.4) is 0 Å². The Morgan fingerprint density at radius 3 is 2.69 bits per heavy atom. The van der Waals surface area contributed by atoms with Crippen LogP contribution >= 0.6 is 12.4 Å². The minimum atomic E-state index is -0.668. The number of hydrogen-bond donors (Lipinski definition) is 3. The van der Waals surface area contributed by atoms with E-state index in [0.717, 1.165) is 13.1 Å². The fraction of sp³-hybridized carbons (Fsp3) is 0.778. The van der Waals surface area contributed by atoms with Gasteiger partial charge in [0.05, 0.1) is 0 Å².